The number of rotatable bonds is 5. The van der Waals surface area contributed by atoms with Crippen LogP contribution in [0.1, 0.15) is 56.5 Å². The molecule has 1 aromatic heterocycles. The minimum absolute atomic E-state index is 0.183. The summed E-state index contributed by atoms with van der Waals surface area (Å²) in [6.07, 6.45) is 6.84. The molecule has 1 nitrogen and oxygen atoms in total. The number of nitrogens with zero attached hydrogens (tertiary/aromatic N) is 1. The summed E-state index contributed by atoms with van der Waals surface area (Å²) in [7, 11) is 1.80. The molecule has 0 aliphatic carbocycles. The molecule has 0 saturated heterocycles. The first-order valence-corrected chi connectivity index (χ1v) is 7.01. The van der Waals surface area contributed by atoms with Crippen LogP contribution in [0.2, 0.25) is 0 Å². The second kappa shape index (κ2) is 6.65. The molecule has 0 amide bonds. The van der Waals surface area contributed by atoms with Crippen molar-refractivity contribution in [3.63, 3.8) is 0 Å². The lowest BCUT2D eigenvalue weighted by Gasteiger charge is -2.14. The van der Waals surface area contributed by atoms with Crippen molar-refractivity contribution in [2.45, 2.75) is 47.0 Å². The van der Waals surface area contributed by atoms with Crippen LogP contribution < -0.4 is 4.57 Å². The first kappa shape index (κ1) is 15.6. The molecule has 104 valence electrons. The van der Waals surface area contributed by atoms with E-state index >= 15 is 0 Å². The molecule has 19 heavy (non-hydrogen) atoms. The highest BCUT2D eigenvalue weighted by atomic mass is 19.1. The zero-order valence-corrected chi connectivity index (χ0v) is 12.8. The van der Waals surface area contributed by atoms with Gasteiger partial charge in [0, 0.05) is 17.5 Å². The Hall–Kier alpha value is -1.44. The van der Waals surface area contributed by atoms with Gasteiger partial charge in [-0.15, -0.1) is 4.39 Å². The number of allylic oxidation sites excluding steroid dienone is 2. The van der Waals surface area contributed by atoms with Gasteiger partial charge in [-0.2, -0.15) is 4.57 Å². The predicted molar refractivity (Wildman–Crippen MR) is 80.4 cm³/mol. The zero-order chi connectivity index (χ0) is 14.6. The fraction of sp³-hybridized carbons (Fsp3) is 0.471. The third kappa shape index (κ3) is 2.94. The van der Waals surface area contributed by atoms with E-state index in [1.165, 1.54) is 5.56 Å². The van der Waals surface area contributed by atoms with Gasteiger partial charge in [0.25, 0.3) is 0 Å². The maximum absolute atomic E-state index is 14.6. The predicted octanol–water partition coefficient (Wildman–Crippen LogP) is 4.23. The highest BCUT2D eigenvalue weighted by Gasteiger charge is 2.26. The van der Waals surface area contributed by atoms with Gasteiger partial charge in [0.15, 0.2) is 5.69 Å². The summed E-state index contributed by atoms with van der Waals surface area (Å²) in [4.78, 5) is 0. The Morgan fingerprint density at radius 2 is 2.00 bits per heavy atom. The minimum Gasteiger partial charge on any atom is -0.173 e. The molecule has 0 atom stereocenters. The number of aromatic nitrogens is 1. The van der Waals surface area contributed by atoms with E-state index in [0.29, 0.717) is 5.56 Å². The van der Waals surface area contributed by atoms with Crippen molar-refractivity contribution in [2.24, 2.45) is 7.05 Å². The van der Waals surface area contributed by atoms with Crippen LogP contribution in [-0.2, 0) is 19.9 Å². The summed E-state index contributed by atoms with van der Waals surface area (Å²) in [6, 6.07) is 0. The van der Waals surface area contributed by atoms with E-state index in [1.54, 1.807) is 11.6 Å². The van der Waals surface area contributed by atoms with E-state index in [1.807, 2.05) is 26.0 Å². The number of halogens is 1. The second-order valence-electron chi connectivity index (χ2n) is 4.95. The number of hydrogen-bond donors (Lipinski definition) is 0. The molecule has 0 spiro atoms. The fourth-order valence-corrected chi connectivity index (χ4v) is 2.64. The van der Waals surface area contributed by atoms with E-state index in [2.05, 4.69) is 20.4 Å². The molecule has 0 radical (unpaired) electrons. The summed E-state index contributed by atoms with van der Waals surface area (Å²) < 4.78 is 16.3. The molecule has 1 heterocycles. The normalized spacial score (nSPS) is 11.3. The summed E-state index contributed by atoms with van der Waals surface area (Å²) in [5.41, 5.74) is 4.77. The van der Waals surface area contributed by atoms with Crippen molar-refractivity contribution in [3.8, 4) is 0 Å². The monoisotopic (exact) mass is 262 g/mol. The molecule has 0 aliphatic rings. The van der Waals surface area contributed by atoms with E-state index in [0.717, 1.165) is 36.1 Å². The van der Waals surface area contributed by atoms with Crippen LogP contribution in [0.5, 0.6) is 0 Å². The van der Waals surface area contributed by atoms with Crippen molar-refractivity contribution >= 4 is 11.6 Å². The summed E-state index contributed by atoms with van der Waals surface area (Å²) in [5.74, 6) is -0.183. The molecular formula is C17H25FN+. The SMILES string of the molecule is C=C(C)c1c(C=CC)c(CCC)c(CC)[n+](C)c1F. The topological polar surface area (TPSA) is 3.88 Å². The smallest absolute Gasteiger partial charge is 0.173 e. The Bertz CT molecular complexity index is 513. The maximum atomic E-state index is 14.6. The van der Waals surface area contributed by atoms with E-state index < -0.39 is 0 Å². The molecule has 0 N–H and O–H groups in total. The lowest BCUT2D eigenvalue weighted by atomic mass is 9.92. The van der Waals surface area contributed by atoms with Crippen LogP contribution in [0.4, 0.5) is 4.39 Å². The van der Waals surface area contributed by atoms with Crippen LogP contribution in [0.15, 0.2) is 12.7 Å². The van der Waals surface area contributed by atoms with Crippen molar-refractivity contribution in [2.75, 3.05) is 0 Å². The average molecular weight is 262 g/mol. The zero-order valence-electron chi connectivity index (χ0n) is 12.8. The highest BCUT2D eigenvalue weighted by molar-refractivity contribution is 5.73. The van der Waals surface area contributed by atoms with Gasteiger partial charge in [-0.1, -0.05) is 39.0 Å². The molecule has 2 heteroatoms. The van der Waals surface area contributed by atoms with Crippen LogP contribution in [0.3, 0.4) is 0 Å². The largest absolute Gasteiger partial charge is 0.367 e. The van der Waals surface area contributed by atoms with Gasteiger partial charge in [-0.25, -0.2) is 0 Å². The lowest BCUT2D eigenvalue weighted by Crippen LogP contribution is -2.41. The van der Waals surface area contributed by atoms with Crippen LogP contribution in [0, 0.1) is 5.95 Å². The Morgan fingerprint density at radius 3 is 2.42 bits per heavy atom. The Labute approximate surface area is 116 Å². The van der Waals surface area contributed by atoms with Gasteiger partial charge in [0.1, 0.15) is 7.05 Å². The molecule has 0 saturated carbocycles. The third-order valence-corrected chi connectivity index (χ3v) is 3.44. The van der Waals surface area contributed by atoms with Crippen LogP contribution in [0.25, 0.3) is 11.6 Å². The molecule has 1 rings (SSSR count). The van der Waals surface area contributed by atoms with Gasteiger partial charge in [0.2, 0.25) is 0 Å². The van der Waals surface area contributed by atoms with Gasteiger partial charge in [-0.05, 0) is 25.8 Å². The van der Waals surface area contributed by atoms with Gasteiger partial charge >= 0.3 is 5.95 Å². The second-order valence-corrected chi connectivity index (χ2v) is 4.95. The number of hydrogen-bond acceptors (Lipinski definition) is 0. The van der Waals surface area contributed by atoms with Crippen molar-refractivity contribution in [3.05, 3.63) is 41.0 Å². The summed E-state index contributed by atoms with van der Waals surface area (Å²) >= 11 is 0. The first-order chi connectivity index (χ1) is 8.99. The molecule has 0 fully saturated rings. The molecule has 0 aliphatic heterocycles. The highest BCUT2D eigenvalue weighted by Crippen LogP contribution is 2.27. The van der Waals surface area contributed by atoms with Gasteiger partial charge in [-0.3, -0.25) is 0 Å². The quantitative estimate of drug-likeness (QED) is 0.552. The third-order valence-electron chi connectivity index (χ3n) is 3.44. The summed E-state index contributed by atoms with van der Waals surface area (Å²) in [5, 5.41) is 0. The Balaban J connectivity index is 3.79. The molecule has 0 bridgehead atoms. The van der Waals surface area contributed by atoms with E-state index in [-0.39, 0.29) is 5.95 Å². The standard InChI is InChI=1S/C17H25FN/c1-7-10-13-14(11-8-2)16(12(4)5)17(18)19(6)15(13)9-3/h8,11H,4,7,9-10H2,1-3,5-6H3/q+1. The summed E-state index contributed by atoms with van der Waals surface area (Å²) in [6.45, 7) is 12.0. The average Bonchev–Trinajstić information content (AvgIpc) is 2.36. The van der Waals surface area contributed by atoms with Gasteiger partial charge in [0.05, 0.1) is 5.56 Å². The Morgan fingerprint density at radius 1 is 1.37 bits per heavy atom. The van der Waals surface area contributed by atoms with Crippen LogP contribution >= 0.6 is 0 Å². The molecule has 0 aromatic carbocycles. The van der Waals surface area contributed by atoms with Gasteiger partial charge < -0.3 is 0 Å². The molecule has 1 aromatic rings. The molecule has 0 unspecified atom stereocenters. The van der Waals surface area contributed by atoms with Crippen molar-refractivity contribution < 1.29 is 8.96 Å². The van der Waals surface area contributed by atoms with Crippen molar-refractivity contribution in [1.29, 1.82) is 0 Å². The fourth-order valence-electron chi connectivity index (χ4n) is 2.64. The Kier molecular flexibility index (Phi) is 5.46. The van der Waals surface area contributed by atoms with E-state index in [9.17, 15) is 4.39 Å². The number of pyridine rings is 1. The maximum Gasteiger partial charge on any atom is 0.367 e. The van der Waals surface area contributed by atoms with Crippen LogP contribution in [-0.4, -0.2) is 0 Å². The van der Waals surface area contributed by atoms with E-state index in [4.69, 9.17) is 0 Å². The lowest BCUT2D eigenvalue weighted by molar-refractivity contribution is -0.707. The molecular weight excluding hydrogens is 237 g/mol. The minimum atomic E-state index is -0.183. The van der Waals surface area contributed by atoms with Crippen molar-refractivity contribution in [1.82, 2.24) is 0 Å². The first-order valence-electron chi connectivity index (χ1n) is 7.01.